The van der Waals surface area contributed by atoms with Crippen LogP contribution in [0.1, 0.15) is 50.4 Å². The smallest absolute Gasteiger partial charge is 0.410 e. The van der Waals surface area contributed by atoms with Crippen molar-refractivity contribution in [2.24, 2.45) is 5.92 Å². The van der Waals surface area contributed by atoms with Crippen molar-refractivity contribution in [2.45, 2.75) is 45.6 Å². The molecule has 6 heteroatoms. The molecule has 1 aliphatic rings. The molecule has 1 aromatic rings. The summed E-state index contributed by atoms with van der Waals surface area (Å²) in [5.74, 6) is -0.449. The molecule has 0 aromatic heterocycles. The summed E-state index contributed by atoms with van der Waals surface area (Å²) in [4.78, 5) is 38.2. The van der Waals surface area contributed by atoms with Gasteiger partial charge in [0.1, 0.15) is 11.4 Å². The van der Waals surface area contributed by atoms with Crippen LogP contribution in [0.4, 0.5) is 4.79 Å². The molecule has 1 heterocycles. The van der Waals surface area contributed by atoms with Crippen molar-refractivity contribution in [2.75, 3.05) is 13.1 Å². The largest absolute Gasteiger partial charge is 0.444 e. The van der Waals surface area contributed by atoms with Crippen LogP contribution in [-0.2, 0) is 9.53 Å². The fourth-order valence-corrected chi connectivity index (χ4v) is 2.88. The van der Waals surface area contributed by atoms with E-state index < -0.39 is 5.60 Å². The van der Waals surface area contributed by atoms with Crippen LogP contribution in [0.15, 0.2) is 24.3 Å². The summed E-state index contributed by atoms with van der Waals surface area (Å²) < 4.78 is 5.34. The summed E-state index contributed by atoms with van der Waals surface area (Å²) in [6.45, 7) is 6.41. The molecule has 5 nitrogen and oxygen atoms in total. The first-order valence-corrected chi connectivity index (χ1v) is 8.83. The van der Waals surface area contributed by atoms with E-state index in [9.17, 15) is 14.4 Å². The lowest BCUT2D eigenvalue weighted by Crippen LogP contribution is -2.43. The molecule has 1 amide bonds. The predicted molar refractivity (Wildman–Crippen MR) is 95.9 cm³/mol. The average molecular weight is 366 g/mol. The van der Waals surface area contributed by atoms with Crippen LogP contribution in [0.25, 0.3) is 0 Å². The van der Waals surface area contributed by atoms with Crippen molar-refractivity contribution in [1.82, 2.24) is 4.90 Å². The van der Waals surface area contributed by atoms with Crippen LogP contribution in [0.2, 0.25) is 5.02 Å². The molecule has 0 spiro atoms. The van der Waals surface area contributed by atoms with Gasteiger partial charge in [0, 0.05) is 29.6 Å². The number of ether oxygens (including phenoxy) is 1. The molecule has 25 heavy (non-hydrogen) atoms. The van der Waals surface area contributed by atoms with Gasteiger partial charge in [0.05, 0.1) is 6.42 Å². The maximum atomic E-state index is 12.4. The molecule has 1 aromatic carbocycles. The van der Waals surface area contributed by atoms with Crippen LogP contribution < -0.4 is 0 Å². The molecule has 0 atom stereocenters. The number of rotatable bonds is 4. The van der Waals surface area contributed by atoms with E-state index in [1.54, 1.807) is 29.2 Å². The third kappa shape index (κ3) is 5.85. The van der Waals surface area contributed by atoms with Gasteiger partial charge >= 0.3 is 6.09 Å². The number of Topliss-reactive ketones (excluding diaryl/α,β-unsaturated/α-hetero) is 2. The van der Waals surface area contributed by atoms with Crippen LogP contribution in [0.3, 0.4) is 0 Å². The maximum absolute atomic E-state index is 12.4. The molecule has 0 bridgehead atoms. The number of amides is 1. The fourth-order valence-electron chi connectivity index (χ4n) is 2.75. The quantitative estimate of drug-likeness (QED) is 0.594. The van der Waals surface area contributed by atoms with E-state index in [2.05, 4.69) is 0 Å². The topological polar surface area (TPSA) is 63.7 Å². The molecule has 2 rings (SSSR count). The van der Waals surface area contributed by atoms with E-state index in [0.717, 1.165) is 0 Å². The molecule has 0 aliphatic carbocycles. The zero-order valence-electron chi connectivity index (χ0n) is 14.9. The van der Waals surface area contributed by atoms with Gasteiger partial charge in [0.15, 0.2) is 5.78 Å². The van der Waals surface area contributed by atoms with Crippen molar-refractivity contribution in [3.05, 3.63) is 34.9 Å². The summed E-state index contributed by atoms with van der Waals surface area (Å²) in [6, 6.07) is 6.53. The minimum Gasteiger partial charge on any atom is -0.444 e. The van der Waals surface area contributed by atoms with E-state index in [4.69, 9.17) is 16.3 Å². The van der Waals surface area contributed by atoms with Gasteiger partial charge in [0.25, 0.3) is 0 Å². The van der Waals surface area contributed by atoms with Crippen molar-refractivity contribution < 1.29 is 19.1 Å². The second kappa shape index (κ2) is 8.00. The number of carbonyl (C=O) groups is 3. The summed E-state index contributed by atoms with van der Waals surface area (Å²) in [5, 5.41) is 0.553. The van der Waals surface area contributed by atoms with Crippen LogP contribution in [0, 0.1) is 5.92 Å². The molecule has 1 aliphatic heterocycles. The Bertz CT molecular complexity index is 640. The zero-order chi connectivity index (χ0) is 18.6. The summed E-state index contributed by atoms with van der Waals surface area (Å²) >= 11 is 5.80. The Hall–Kier alpha value is -1.88. The number of halogens is 1. The molecule has 1 saturated heterocycles. The molecule has 0 N–H and O–H groups in total. The van der Waals surface area contributed by atoms with Crippen molar-refractivity contribution in [3.8, 4) is 0 Å². The van der Waals surface area contributed by atoms with E-state index >= 15 is 0 Å². The monoisotopic (exact) mass is 365 g/mol. The molecule has 0 unspecified atom stereocenters. The second-order valence-corrected chi connectivity index (χ2v) is 7.75. The molecule has 1 fully saturated rings. The van der Waals surface area contributed by atoms with Crippen LogP contribution in [-0.4, -0.2) is 41.3 Å². The Kier molecular flexibility index (Phi) is 6.22. The molecular formula is C19H24ClNO4. The number of ketones is 2. The number of likely N-dealkylation sites (tertiary alicyclic amines) is 1. The fraction of sp³-hybridized carbons (Fsp3) is 0.526. The van der Waals surface area contributed by atoms with Gasteiger partial charge in [-0.3, -0.25) is 9.59 Å². The van der Waals surface area contributed by atoms with Gasteiger partial charge < -0.3 is 9.64 Å². The highest BCUT2D eigenvalue weighted by Gasteiger charge is 2.30. The highest BCUT2D eigenvalue weighted by Crippen LogP contribution is 2.22. The van der Waals surface area contributed by atoms with Crippen molar-refractivity contribution in [3.63, 3.8) is 0 Å². The molecule has 136 valence electrons. The first-order valence-electron chi connectivity index (χ1n) is 8.45. The van der Waals surface area contributed by atoms with Gasteiger partial charge in [-0.15, -0.1) is 0 Å². The Morgan fingerprint density at radius 1 is 1.12 bits per heavy atom. The van der Waals surface area contributed by atoms with Gasteiger partial charge in [-0.2, -0.15) is 0 Å². The lowest BCUT2D eigenvalue weighted by molar-refractivity contribution is -0.123. The number of nitrogens with zero attached hydrogens (tertiary/aromatic N) is 1. The summed E-state index contributed by atoms with van der Waals surface area (Å²) in [6.07, 6.45) is 0.659. The number of piperidine rings is 1. The number of hydrogen-bond donors (Lipinski definition) is 0. The SMILES string of the molecule is CC(C)(C)OC(=O)N1CCC(C(=O)CC(=O)c2ccc(Cl)cc2)CC1. The molecule has 0 radical (unpaired) electrons. The van der Waals surface area contributed by atoms with Crippen molar-refractivity contribution in [1.29, 1.82) is 0 Å². The highest BCUT2D eigenvalue weighted by atomic mass is 35.5. The average Bonchev–Trinajstić information content (AvgIpc) is 2.54. The summed E-state index contributed by atoms with van der Waals surface area (Å²) in [5.41, 5.74) is -0.0432. The third-order valence-electron chi connectivity index (χ3n) is 4.10. The minimum absolute atomic E-state index is 0.0659. The first-order chi connectivity index (χ1) is 11.7. The second-order valence-electron chi connectivity index (χ2n) is 7.31. The Labute approximate surface area is 153 Å². The number of carbonyl (C=O) groups excluding carboxylic acids is 3. The lowest BCUT2D eigenvalue weighted by Gasteiger charge is -2.32. The first kappa shape index (κ1) is 19.4. The van der Waals surface area contributed by atoms with Gasteiger partial charge in [-0.05, 0) is 57.9 Å². The van der Waals surface area contributed by atoms with Crippen molar-refractivity contribution >= 4 is 29.3 Å². The lowest BCUT2D eigenvalue weighted by atomic mass is 9.89. The van der Waals surface area contributed by atoms with Crippen LogP contribution >= 0.6 is 11.6 Å². The Balaban J connectivity index is 1.84. The molecule has 0 saturated carbocycles. The van der Waals surface area contributed by atoms with E-state index in [1.807, 2.05) is 20.8 Å². The molecular weight excluding hydrogens is 342 g/mol. The number of benzene rings is 1. The normalized spacial score (nSPS) is 15.8. The van der Waals surface area contributed by atoms with E-state index in [-0.39, 0.29) is 30.0 Å². The van der Waals surface area contributed by atoms with Gasteiger partial charge in [-0.1, -0.05) is 11.6 Å². The van der Waals surface area contributed by atoms with E-state index in [1.165, 1.54) is 0 Å². The van der Waals surface area contributed by atoms with E-state index in [0.29, 0.717) is 36.5 Å². The highest BCUT2D eigenvalue weighted by molar-refractivity contribution is 6.30. The standard InChI is InChI=1S/C19H24ClNO4/c1-19(2,3)25-18(24)21-10-8-14(9-11-21)17(23)12-16(22)13-4-6-15(20)7-5-13/h4-7,14H,8-12H2,1-3H3. The Morgan fingerprint density at radius 3 is 2.20 bits per heavy atom. The maximum Gasteiger partial charge on any atom is 0.410 e. The third-order valence-corrected chi connectivity index (χ3v) is 4.35. The van der Waals surface area contributed by atoms with Gasteiger partial charge in [0.2, 0.25) is 0 Å². The van der Waals surface area contributed by atoms with Gasteiger partial charge in [-0.25, -0.2) is 4.79 Å². The minimum atomic E-state index is -0.533. The van der Waals surface area contributed by atoms with Crippen LogP contribution in [0.5, 0.6) is 0 Å². The Morgan fingerprint density at radius 2 is 1.68 bits per heavy atom. The zero-order valence-corrected chi connectivity index (χ0v) is 15.6. The summed E-state index contributed by atoms with van der Waals surface area (Å²) in [7, 11) is 0. The number of hydrogen-bond acceptors (Lipinski definition) is 4. The predicted octanol–water partition coefficient (Wildman–Crippen LogP) is 4.13.